The topological polar surface area (TPSA) is 35.5 Å². The number of rotatable bonds is 4. The number of hydrogen-bond acceptors (Lipinski definition) is 3. The molecule has 0 amide bonds. The fourth-order valence-corrected chi connectivity index (χ4v) is 2.31. The van der Waals surface area contributed by atoms with Gasteiger partial charge in [-0.1, -0.05) is 19.1 Å². The zero-order valence-electron chi connectivity index (χ0n) is 12.3. The van der Waals surface area contributed by atoms with Crippen LogP contribution in [0.25, 0.3) is 0 Å². The monoisotopic (exact) mass is 282 g/mol. The molecule has 0 saturated heterocycles. The fourth-order valence-electron chi connectivity index (χ4n) is 2.31. The lowest BCUT2D eigenvalue weighted by atomic mass is 9.99. The standard InChI is InChI=1S/C18H18O3/c1-18(11-12-18)14-5-9-16(10-6-14)21-15-7-3-13(4-8-15)17(19)20-2/h3-10H,11-12H2,1-2H3. The summed E-state index contributed by atoms with van der Waals surface area (Å²) in [5, 5.41) is 0. The molecule has 0 bridgehead atoms. The summed E-state index contributed by atoms with van der Waals surface area (Å²) in [7, 11) is 1.37. The molecule has 1 saturated carbocycles. The molecule has 0 atom stereocenters. The molecule has 108 valence electrons. The van der Waals surface area contributed by atoms with E-state index in [1.807, 2.05) is 12.1 Å². The van der Waals surface area contributed by atoms with Crippen molar-refractivity contribution in [1.29, 1.82) is 0 Å². The molecule has 3 heteroatoms. The van der Waals surface area contributed by atoms with Gasteiger partial charge in [-0.15, -0.1) is 0 Å². The summed E-state index contributed by atoms with van der Waals surface area (Å²) in [5.41, 5.74) is 2.26. The van der Waals surface area contributed by atoms with Gasteiger partial charge < -0.3 is 9.47 Å². The van der Waals surface area contributed by atoms with Gasteiger partial charge in [0.15, 0.2) is 0 Å². The molecule has 2 aromatic carbocycles. The van der Waals surface area contributed by atoms with Gasteiger partial charge in [-0.2, -0.15) is 0 Å². The van der Waals surface area contributed by atoms with Crippen molar-refractivity contribution in [1.82, 2.24) is 0 Å². The molecule has 0 aromatic heterocycles. The van der Waals surface area contributed by atoms with E-state index in [0.29, 0.717) is 16.7 Å². The maximum absolute atomic E-state index is 11.4. The lowest BCUT2D eigenvalue weighted by Gasteiger charge is -2.10. The lowest BCUT2D eigenvalue weighted by molar-refractivity contribution is 0.0600. The van der Waals surface area contributed by atoms with Crippen LogP contribution in [-0.2, 0) is 10.2 Å². The highest BCUT2D eigenvalue weighted by Crippen LogP contribution is 2.47. The summed E-state index contributed by atoms with van der Waals surface area (Å²) < 4.78 is 10.4. The van der Waals surface area contributed by atoms with Gasteiger partial charge in [0.25, 0.3) is 0 Å². The molecule has 0 aliphatic heterocycles. The molecule has 0 heterocycles. The van der Waals surface area contributed by atoms with Crippen molar-refractivity contribution in [3.63, 3.8) is 0 Å². The number of methoxy groups -OCH3 is 1. The predicted octanol–water partition coefficient (Wildman–Crippen LogP) is 4.32. The highest BCUT2D eigenvalue weighted by atomic mass is 16.5. The van der Waals surface area contributed by atoms with E-state index < -0.39 is 0 Å². The summed E-state index contributed by atoms with van der Waals surface area (Å²) in [5.74, 6) is 1.16. The molecule has 3 rings (SSSR count). The van der Waals surface area contributed by atoms with Crippen molar-refractivity contribution in [2.75, 3.05) is 7.11 Å². The average Bonchev–Trinajstić information content (AvgIpc) is 3.27. The number of carbonyl (C=O) groups excluding carboxylic acids is 1. The zero-order valence-corrected chi connectivity index (χ0v) is 12.3. The molecule has 0 spiro atoms. The van der Waals surface area contributed by atoms with E-state index in [9.17, 15) is 4.79 Å². The van der Waals surface area contributed by atoms with Gasteiger partial charge in [-0.3, -0.25) is 0 Å². The van der Waals surface area contributed by atoms with Gasteiger partial charge in [-0.25, -0.2) is 4.79 Å². The number of carbonyl (C=O) groups is 1. The molecular weight excluding hydrogens is 264 g/mol. The second-order valence-corrected chi connectivity index (χ2v) is 5.70. The van der Waals surface area contributed by atoms with Crippen molar-refractivity contribution in [2.45, 2.75) is 25.2 Å². The first-order valence-corrected chi connectivity index (χ1v) is 7.07. The van der Waals surface area contributed by atoms with Crippen LogP contribution in [0.4, 0.5) is 0 Å². The smallest absolute Gasteiger partial charge is 0.337 e. The Hall–Kier alpha value is -2.29. The van der Waals surface area contributed by atoms with Crippen LogP contribution >= 0.6 is 0 Å². The van der Waals surface area contributed by atoms with E-state index in [0.717, 1.165) is 5.75 Å². The quantitative estimate of drug-likeness (QED) is 0.783. The molecule has 0 N–H and O–H groups in total. The van der Waals surface area contributed by atoms with Crippen LogP contribution in [0, 0.1) is 0 Å². The molecule has 1 aliphatic carbocycles. The second kappa shape index (κ2) is 5.24. The Balaban J connectivity index is 1.70. The summed E-state index contributed by atoms with van der Waals surface area (Å²) in [4.78, 5) is 11.4. The minimum Gasteiger partial charge on any atom is -0.465 e. The van der Waals surface area contributed by atoms with E-state index in [-0.39, 0.29) is 5.97 Å². The van der Waals surface area contributed by atoms with Crippen LogP contribution in [0.3, 0.4) is 0 Å². The highest BCUT2D eigenvalue weighted by Gasteiger charge is 2.38. The third kappa shape index (κ3) is 2.92. The van der Waals surface area contributed by atoms with Gasteiger partial charge >= 0.3 is 5.97 Å². The fraction of sp³-hybridized carbons (Fsp3) is 0.278. The molecular formula is C18H18O3. The first-order chi connectivity index (χ1) is 10.1. The maximum Gasteiger partial charge on any atom is 0.337 e. The van der Waals surface area contributed by atoms with Crippen LogP contribution in [0.1, 0.15) is 35.7 Å². The van der Waals surface area contributed by atoms with E-state index >= 15 is 0 Å². The second-order valence-electron chi connectivity index (χ2n) is 5.70. The maximum atomic E-state index is 11.4. The summed E-state index contributed by atoms with van der Waals surface area (Å²) >= 11 is 0. The largest absolute Gasteiger partial charge is 0.465 e. The van der Waals surface area contributed by atoms with Crippen molar-refractivity contribution >= 4 is 5.97 Å². The van der Waals surface area contributed by atoms with E-state index in [2.05, 4.69) is 23.8 Å². The Morgan fingerprint density at radius 2 is 1.48 bits per heavy atom. The first kappa shape index (κ1) is 13.7. The van der Waals surface area contributed by atoms with Gasteiger partial charge in [0.1, 0.15) is 11.5 Å². The van der Waals surface area contributed by atoms with Crippen LogP contribution in [-0.4, -0.2) is 13.1 Å². The Kier molecular flexibility index (Phi) is 3.42. The van der Waals surface area contributed by atoms with Gasteiger partial charge in [-0.05, 0) is 60.2 Å². The molecule has 1 aliphatic rings. The predicted molar refractivity (Wildman–Crippen MR) is 80.9 cm³/mol. The minimum absolute atomic E-state index is 0.344. The SMILES string of the molecule is COC(=O)c1ccc(Oc2ccc(C3(C)CC3)cc2)cc1. The number of ether oxygens (including phenoxy) is 2. The number of hydrogen-bond donors (Lipinski definition) is 0. The van der Waals surface area contributed by atoms with Crippen molar-refractivity contribution in [3.05, 3.63) is 59.7 Å². The van der Waals surface area contributed by atoms with E-state index in [4.69, 9.17) is 4.74 Å². The first-order valence-electron chi connectivity index (χ1n) is 7.07. The lowest BCUT2D eigenvalue weighted by Crippen LogP contribution is -2.00. The highest BCUT2D eigenvalue weighted by molar-refractivity contribution is 5.89. The molecule has 21 heavy (non-hydrogen) atoms. The molecule has 0 radical (unpaired) electrons. The average molecular weight is 282 g/mol. The van der Waals surface area contributed by atoms with Crippen LogP contribution < -0.4 is 4.74 Å². The third-order valence-corrected chi connectivity index (χ3v) is 4.06. The number of esters is 1. The van der Waals surface area contributed by atoms with Crippen LogP contribution in [0.5, 0.6) is 11.5 Å². The summed E-state index contributed by atoms with van der Waals surface area (Å²) in [6.45, 7) is 2.29. The third-order valence-electron chi connectivity index (χ3n) is 4.06. The molecule has 2 aromatic rings. The van der Waals surface area contributed by atoms with E-state index in [1.165, 1.54) is 25.5 Å². The normalized spacial score (nSPS) is 15.3. The molecule has 3 nitrogen and oxygen atoms in total. The number of benzene rings is 2. The van der Waals surface area contributed by atoms with Crippen molar-refractivity contribution in [2.24, 2.45) is 0 Å². The Bertz CT molecular complexity index is 637. The van der Waals surface area contributed by atoms with Gasteiger partial charge in [0, 0.05) is 0 Å². The summed E-state index contributed by atoms with van der Waals surface area (Å²) in [6.07, 6.45) is 2.53. The molecule has 1 fully saturated rings. The van der Waals surface area contributed by atoms with E-state index in [1.54, 1.807) is 24.3 Å². The Labute approximate surface area is 124 Å². The minimum atomic E-state index is -0.344. The Morgan fingerprint density at radius 1 is 0.952 bits per heavy atom. The Morgan fingerprint density at radius 3 is 1.95 bits per heavy atom. The summed E-state index contributed by atoms with van der Waals surface area (Å²) in [6, 6.07) is 15.2. The molecule has 0 unspecified atom stereocenters. The zero-order chi connectivity index (χ0) is 14.9. The van der Waals surface area contributed by atoms with Gasteiger partial charge in [0.2, 0.25) is 0 Å². The van der Waals surface area contributed by atoms with Crippen LogP contribution in [0.15, 0.2) is 48.5 Å². The van der Waals surface area contributed by atoms with Crippen LogP contribution in [0.2, 0.25) is 0 Å². The van der Waals surface area contributed by atoms with Crippen molar-refractivity contribution in [3.8, 4) is 11.5 Å². The van der Waals surface area contributed by atoms with Gasteiger partial charge in [0.05, 0.1) is 12.7 Å². The van der Waals surface area contributed by atoms with Crippen molar-refractivity contribution < 1.29 is 14.3 Å².